The molecule has 1 heterocycles. The van der Waals surface area contributed by atoms with Crippen LogP contribution in [-0.4, -0.2) is 48.2 Å². The van der Waals surface area contributed by atoms with E-state index in [2.05, 4.69) is 10.1 Å². The van der Waals surface area contributed by atoms with Gasteiger partial charge in [-0.3, -0.25) is 4.79 Å². The summed E-state index contributed by atoms with van der Waals surface area (Å²) in [5.41, 5.74) is 1.68. The zero-order valence-corrected chi connectivity index (χ0v) is 13.2. The van der Waals surface area contributed by atoms with Crippen molar-refractivity contribution in [3.8, 4) is 0 Å². The van der Waals surface area contributed by atoms with E-state index in [-0.39, 0.29) is 12.6 Å². The zero-order chi connectivity index (χ0) is 17.0. The molecule has 0 bridgehead atoms. The predicted octanol–water partition coefficient (Wildman–Crippen LogP) is 2.11. The SMILES string of the molecule is COC(=O)c1ccc(NC(=O)N2CCCC(C(=O)O)C2)cc1C. The molecule has 1 fully saturated rings. The first kappa shape index (κ1) is 16.8. The van der Waals surface area contributed by atoms with Gasteiger partial charge in [0.1, 0.15) is 0 Å². The van der Waals surface area contributed by atoms with Gasteiger partial charge in [0.15, 0.2) is 0 Å². The van der Waals surface area contributed by atoms with Crippen molar-refractivity contribution in [2.24, 2.45) is 5.92 Å². The Balaban J connectivity index is 2.04. The summed E-state index contributed by atoms with van der Waals surface area (Å²) < 4.78 is 4.68. The molecule has 2 N–H and O–H groups in total. The number of urea groups is 1. The van der Waals surface area contributed by atoms with Crippen LogP contribution in [0.15, 0.2) is 18.2 Å². The monoisotopic (exact) mass is 320 g/mol. The lowest BCUT2D eigenvalue weighted by Crippen LogP contribution is -2.44. The van der Waals surface area contributed by atoms with Crippen LogP contribution in [0, 0.1) is 12.8 Å². The van der Waals surface area contributed by atoms with Crippen molar-refractivity contribution in [2.75, 3.05) is 25.5 Å². The van der Waals surface area contributed by atoms with E-state index in [9.17, 15) is 14.4 Å². The number of carbonyl (C=O) groups excluding carboxylic acids is 2. The summed E-state index contributed by atoms with van der Waals surface area (Å²) >= 11 is 0. The second-order valence-corrected chi connectivity index (χ2v) is 5.57. The number of hydrogen-bond donors (Lipinski definition) is 2. The topological polar surface area (TPSA) is 95.9 Å². The summed E-state index contributed by atoms with van der Waals surface area (Å²) in [5.74, 6) is -1.82. The average Bonchev–Trinajstić information content (AvgIpc) is 2.54. The maximum atomic E-state index is 12.3. The van der Waals surface area contributed by atoms with Crippen molar-refractivity contribution in [1.29, 1.82) is 0 Å². The van der Waals surface area contributed by atoms with E-state index in [0.29, 0.717) is 36.2 Å². The molecule has 0 aromatic heterocycles. The van der Waals surface area contributed by atoms with E-state index in [1.807, 2.05) is 0 Å². The number of hydrogen-bond acceptors (Lipinski definition) is 4. The van der Waals surface area contributed by atoms with Crippen molar-refractivity contribution >= 4 is 23.7 Å². The summed E-state index contributed by atoms with van der Waals surface area (Å²) in [4.78, 5) is 36.4. The molecule has 23 heavy (non-hydrogen) atoms. The van der Waals surface area contributed by atoms with Crippen LogP contribution in [0.1, 0.15) is 28.8 Å². The third kappa shape index (κ3) is 4.00. The minimum absolute atomic E-state index is 0.209. The third-order valence-corrected chi connectivity index (χ3v) is 3.94. The molecule has 1 aliphatic heterocycles. The predicted molar refractivity (Wildman–Crippen MR) is 83.5 cm³/mol. The highest BCUT2D eigenvalue weighted by Crippen LogP contribution is 2.20. The Hall–Kier alpha value is -2.57. The van der Waals surface area contributed by atoms with Crippen molar-refractivity contribution in [1.82, 2.24) is 4.90 Å². The Labute approximate surface area is 134 Å². The van der Waals surface area contributed by atoms with E-state index in [0.717, 1.165) is 0 Å². The second-order valence-electron chi connectivity index (χ2n) is 5.57. The van der Waals surface area contributed by atoms with Crippen LogP contribution in [-0.2, 0) is 9.53 Å². The lowest BCUT2D eigenvalue weighted by molar-refractivity contribution is -0.143. The van der Waals surface area contributed by atoms with Crippen LogP contribution < -0.4 is 5.32 Å². The number of anilines is 1. The van der Waals surface area contributed by atoms with Crippen LogP contribution in [0.3, 0.4) is 0 Å². The van der Waals surface area contributed by atoms with Crippen molar-refractivity contribution in [3.05, 3.63) is 29.3 Å². The number of nitrogens with one attached hydrogen (secondary N) is 1. The number of ether oxygens (including phenoxy) is 1. The minimum Gasteiger partial charge on any atom is -0.481 e. The molecule has 1 saturated heterocycles. The van der Waals surface area contributed by atoms with Gasteiger partial charge in [-0.15, -0.1) is 0 Å². The second kappa shape index (κ2) is 7.13. The molecule has 1 aromatic carbocycles. The number of benzene rings is 1. The molecular formula is C16H20N2O5. The first-order chi connectivity index (χ1) is 10.9. The molecule has 0 radical (unpaired) electrons. The summed E-state index contributed by atoms with van der Waals surface area (Å²) in [5, 5.41) is 11.8. The maximum Gasteiger partial charge on any atom is 0.338 e. The van der Waals surface area contributed by atoms with Gasteiger partial charge in [-0.25, -0.2) is 9.59 Å². The molecule has 0 aliphatic carbocycles. The average molecular weight is 320 g/mol. The number of likely N-dealkylation sites (tertiary alicyclic amines) is 1. The van der Waals surface area contributed by atoms with Gasteiger partial charge in [0, 0.05) is 18.8 Å². The van der Waals surface area contributed by atoms with Crippen LogP contribution >= 0.6 is 0 Å². The number of esters is 1. The number of aryl methyl sites for hydroxylation is 1. The van der Waals surface area contributed by atoms with Gasteiger partial charge in [0.25, 0.3) is 0 Å². The molecule has 1 unspecified atom stereocenters. The number of aliphatic carboxylic acids is 1. The molecule has 0 saturated carbocycles. The van der Waals surface area contributed by atoms with E-state index in [1.165, 1.54) is 12.0 Å². The number of methoxy groups -OCH3 is 1. The van der Waals surface area contributed by atoms with Crippen LogP contribution in [0.5, 0.6) is 0 Å². The molecule has 1 aliphatic rings. The molecular weight excluding hydrogens is 300 g/mol. The van der Waals surface area contributed by atoms with Crippen molar-refractivity contribution in [2.45, 2.75) is 19.8 Å². The van der Waals surface area contributed by atoms with Crippen molar-refractivity contribution < 1.29 is 24.2 Å². The summed E-state index contributed by atoms with van der Waals surface area (Å²) in [7, 11) is 1.31. The molecule has 7 nitrogen and oxygen atoms in total. The fourth-order valence-corrected chi connectivity index (χ4v) is 2.65. The number of carboxylic acid groups (broad SMARTS) is 1. The molecule has 0 spiro atoms. The Morgan fingerprint density at radius 3 is 2.70 bits per heavy atom. The lowest BCUT2D eigenvalue weighted by atomic mass is 9.99. The van der Waals surface area contributed by atoms with E-state index in [1.54, 1.807) is 25.1 Å². The number of carbonyl (C=O) groups is 3. The maximum absolute atomic E-state index is 12.3. The molecule has 2 rings (SSSR count). The van der Waals surface area contributed by atoms with Gasteiger partial charge in [-0.05, 0) is 43.5 Å². The molecule has 124 valence electrons. The third-order valence-electron chi connectivity index (χ3n) is 3.94. The summed E-state index contributed by atoms with van der Waals surface area (Å²) in [6.07, 6.45) is 1.26. The minimum atomic E-state index is -0.874. The first-order valence-corrected chi connectivity index (χ1v) is 7.40. The highest BCUT2D eigenvalue weighted by Gasteiger charge is 2.28. The Bertz CT molecular complexity index is 629. The number of rotatable bonds is 3. The van der Waals surface area contributed by atoms with E-state index in [4.69, 9.17) is 5.11 Å². The highest BCUT2D eigenvalue weighted by atomic mass is 16.5. The highest BCUT2D eigenvalue weighted by molar-refractivity contribution is 5.93. The quantitative estimate of drug-likeness (QED) is 0.832. The normalized spacial score (nSPS) is 17.5. The number of amides is 2. The van der Waals surface area contributed by atoms with Crippen LogP contribution in [0.2, 0.25) is 0 Å². The van der Waals surface area contributed by atoms with Gasteiger partial charge in [0.05, 0.1) is 18.6 Å². The lowest BCUT2D eigenvalue weighted by Gasteiger charge is -2.30. The van der Waals surface area contributed by atoms with Gasteiger partial charge < -0.3 is 20.1 Å². The van der Waals surface area contributed by atoms with E-state index >= 15 is 0 Å². The number of carboxylic acids is 1. The number of piperidine rings is 1. The van der Waals surface area contributed by atoms with Gasteiger partial charge in [-0.2, -0.15) is 0 Å². The Kier molecular flexibility index (Phi) is 5.20. The fourth-order valence-electron chi connectivity index (χ4n) is 2.65. The Morgan fingerprint density at radius 1 is 1.35 bits per heavy atom. The standard InChI is InChI=1S/C16H20N2O5/c1-10-8-12(5-6-13(10)15(21)23-2)17-16(22)18-7-3-4-11(9-18)14(19)20/h5-6,8,11H,3-4,7,9H2,1-2H3,(H,17,22)(H,19,20). The van der Waals surface area contributed by atoms with Gasteiger partial charge >= 0.3 is 18.0 Å². The van der Waals surface area contributed by atoms with E-state index < -0.39 is 17.9 Å². The molecule has 1 atom stereocenters. The first-order valence-electron chi connectivity index (χ1n) is 7.40. The van der Waals surface area contributed by atoms with Crippen molar-refractivity contribution in [3.63, 3.8) is 0 Å². The fraction of sp³-hybridized carbons (Fsp3) is 0.438. The Morgan fingerprint density at radius 2 is 2.09 bits per heavy atom. The summed E-state index contributed by atoms with van der Waals surface area (Å²) in [6.45, 7) is 2.50. The van der Waals surface area contributed by atoms with Gasteiger partial charge in [-0.1, -0.05) is 0 Å². The molecule has 2 amide bonds. The summed E-state index contributed by atoms with van der Waals surface area (Å²) in [6, 6.07) is 4.56. The van der Waals surface area contributed by atoms with Gasteiger partial charge in [0.2, 0.25) is 0 Å². The smallest absolute Gasteiger partial charge is 0.338 e. The van der Waals surface area contributed by atoms with Crippen LogP contribution in [0.25, 0.3) is 0 Å². The van der Waals surface area contributed by atoms with Crippen LogP contribution in [0.4, 0.5) is 10.5 Å². The largest absolute Gasteiger partial charge is 0.481 e. The number of nitrogens with zero attached hydrogens (tertiary/aromatic N) is 1. The zero-order valence-electron chi connectivity index (χ0n) is 13.2. The molecule has 7 heteroatoms. The molecule has 1 aromatic rings.